The standard InChI is InChI=1S/C14H10ClF2NO/c15-12-8-18-4-3-10(12)7-11(19)5-9-1-2-13(16)14(17)6-9/h1-4,6,8H,5,7H2. The topological polar surface area (TPSA) is 30.0 Å². The quantitative estimate of drug-likeness (QED) is 0.860. The summed E-state index contributed by atoms with van der Waals surface area (Å²) in [5.41, 5.74) is 1.11. The van der Waals surface area contributed by atoms with Crippen LogP contribution in [-0.4, -0.2) is 10.8 Å². The number of carbonyl (C=O) groups excluding carboxylic acids is 1. The van der Waals surface area contributed by atoms with Crippen molar-refractivity contribution in [1.82, 2.24) is 4.98 Å². The summed E-state index contributed by atoms with van der Waals surface area (Å²) in [6.45, 7) is 0. The van der Waals surface area contributed by atoms with Crippen LogP contribution < -0.4 is 0 Å². The van der Waals surface area contributed by atoms with Crippen LogP contribution in [0.15, 0.2) is 36.7 Å². The fourth-order valence-corrected chi connectivity index (χ4v) is 1.89. The lowest BCUT2D eigenvalue weighted by Gasteiger charge is -2.04. The van der Waals surface area contributed by atoms with Gasteiger partial charge in [-0.2, -0.15) is 0 Å². The van der Waals surface area contributed by atoms with Crippen LogP contribution in [0.3, 0.4) is 0 Å². The van der Waals surface area contributed by atoms with Gasteiger partial charge in [0.1, 0.15) is 5.78 Å². The van der Waals surface area contributed by atoms with E-state index in [2.05, 4.69) is 4.98 Å². The van der Waals surface area contributed by atoms with Crippen LogP contribution in [0.4, 0.5) is 8.78 Å². The van der Waals surface area contributed by atoms with Gasteiger partial charge in [0.2, 0.25) is 0 Å². The minimum absolute atomic E-state index is 0.0376. The number of pyridine rings is 1. The number of rotatable bonds is 4. The van der Waals surface area contributed by atoms with Crippen molar-refractivity contribution >= 4 is 17.4 Å². The SMILES string of the molecule is O=C(Cc1ccc(F)c(F)c1)Cc1ccncc1Cl. The van der Waals surface area contributed by atoms with Gasteiger partial charge in [0.15, 0.2) is 11.6 Å². The minimum atomic E-state index is -0.952. The number of ketones is 1. The molecule has 0 saturated carbocycles. The van der Waals surface area contributed by atoms with Gasteiger partial charge in [0.25, 0.3) is 0 Å². The molecule has 2 aromatic rings. The van der Waals surface area contributed by atoms with Gasteiger partial charge in [-0.15, -0.1) is 0 Å². The Balaban J connectivity index is 2.05. The Morgan fingerprint density at radius 1 is 1.16 bits per heavy atom. The summed E-state index contributed by atoms with van der Waals surface area (Å²) >= 11 is 5.89. The third-order valence-electron chi connectivity index (χ3n) is 2.63. The molecule has 0 aliphatic rings. The zero-order chi connectivity index (χ0) is 13.8. The largest absolute Gasteiger partial charge is 0.299 e. The summed E-state index contributed by atoms with van der Waals surface area (Å²) in [5, 5.41) is 0.418. The second-order valence-corrected chi connectivity index (χ2v) is 4.51. The maximum atomic E-state index is 13.0. The number of benzene rings is 1. The average Bonchev–Trinajstić information content (AvgIpc) is 2.37. The number of Topliss-reactive ketones (excluding diaryl/α,β-unsaturated/α-hetero) is 1. The number of hydrogen-bond acceptors (Lipinski definition) is 2. The molecule has 0 N–H and O–H groups in total. The van der Waals surface area contributed by atoms with Crippen LogP contribution in [-0.2, 0) is 17.6 Å². The highest BCUT2D eigenvalue weighted by Gasteiger charge is 2.10. The van der Waals surface area contributed by atoms with E-state index >= 15 is 0 Å². The van der Waals surface area contributed by atoms with Crippen LogP contribution in [0, 0.1) is 11.6 Å². The molecule has 0 amide bonds. The summed E-state index contributed by atoms with van der Waals surface area (Å²) in [6, 6.07) is 5.09. The molecule has 1 aromatic heterocycles. The smallest absolute Gasteiger partial charge is 0.159 e. The fourth-order valence-electron chi connectivity index (χ4n) is 1.70. The molecule has 0 aliphatic heterocycles. The molecule has 2 rings (SSSR count). The molecule has 0 bridgehead atoms. The maximum absolute atomic E-state index is 13.0. The first kappa shape index (κ1) is 13.6. The van der Waals surface area contributed by atoms with Crippen molar-refractivity contribution in [1.29, 1.82) is 0 Å². The molecular formula is C14H10ClF2NO. The molecule has 0 spiro atoms. The van der Waals surface area contributed by atoms with Crippen LogP contribution in [0.1, 0.15) is 11.1 Å². The summed E-state index contributed by atoms with van der Waals surface area (Å²) < 4.78 is 25.8. The molecule has 1 heterocycles. The predicted octanol–water partition coefficient (Wildman–Crippen LogP) is 3.37. The second-order valence-electron chi connectivity index (χ2n) is 4.11. The molecule has 2 nitrogen and oxygen atoms in total. The molecule has 1 aromatic carbocycles. The second kappa shape index (κ2) is 5.89. The number of halogens is 3. The fraction of sp³-hybridized carbons (Fsp3) is 0.143. The lowest BCUT2D eigenvalue weighted by molar-refractivity contribution is -0.117. The molecule has 0 aliphatic carbocycles. The Kier molecular flexibility index (Phi) is 4.22. The monoisotopic (exact) mass is 281 g/mol. The van der Waals surface area contributed by atoms with E-state index in [0.29, 0.717) is 16.1 Å². The normalized spacial score (nSPS) is 10.5. The minimum Gasteiger partial charge on any atom is -0.299 e. The lowest BCUT2D eigenvalue weighted by atomic mass is 10.0. The van der Waals surface area contributed by atoms with E-state index in [-0.39, 0.29) is 18.6 Å². The summed E-state index contributed by atoms with van der Waals surface area (Å²) in [5.74, 6) is -2.00. The Morgan fingerprint density at radius 2 is 1.95 bits per heavy atom. The van der Waals surface area contributed by atoms with E-state index in [9.17, 15) is 13.6 Å². The van der Waals surface area contributed by atoms with Crippen LogP contribution >= 0.6 is 11.6 Å². The van der Waals surface area contributed by atoms with Gasteiger partial charge in [0, 0.05) is 25.2 Å². The summed E-state index contributed by atoms with van der Waals surface area (Å²) in [4.78, 5) is 15.7. The molecule has 5 heteroatoms. The van der Waals surface area contributed by atoms with Gasteiger partial charge in [-0.1, -0.05) is 17.7 Å². The third kappa shape index (κ3) is 3.58. The molecule has 0 saturated heterocycles. The first-order chi connectivity index (χ1) is 9.06. The van der Waals surface area contributed by atoms with Crippen molar-refractivity contribution in [2.45, 2.75) is 12.8 Å². The van der Waals surface area contributed by atoms with Crippen LogP contribution in [0.2, 0.25) is 5.02 Å². The van der Waals surface area contributed by atoms with E-state index in [0.717, 1.165) is 12.1 Å². The van der Waals surface area contributed by atoms with Crippen molar-refractivity contribution in [3.8, 4) is 0 Å². The van der Waals surface area contributed by atoms with E-state index < -0.39 is 11.6 Å². The first-order valence-corrected chi connectivity index (χ1v) is 5.98. The van der Waals surface area contributed by atoms with Gasteiger partial charge in [-0.05, 0) is 29.3 Å². The van der Waals surface area contributed by atoms with Crippen LogP contribution in [0.5, 0.6) is 0 Å². The number of hydrogen-bond donors (Lipinski definition) is 0. The number of nitrogens with zero attached hydrogens (tertiary/aromatic N) is 1. The van der Waals surface area contributed by atoms with Gasteiger partial charge in [-0.25, -0.2) is 8.78 Å². The van der Waals surface area contributed by atoms with Crippen LogP contribution in [0.25, 0.3) is 0 Å². The van der Waals surface area contributed by atoms with E-state index in [4.69, 9.17) is 11.6 Å². The van der Waals surface area contributed by atoms with E-state index in [1.165, 1.54) is 12.3 Å². The molecule has 0 radical (unpaired) electrons. The molecule has 0 unspecified atom stereocenters. The maximum Gasteiger partial charge on any atom is 0.159 e. The number of aromatic nitrogens is 1. The zero-order valence-corrected chi connectivity index (χ0v) is 10.6. The molecule has 0 atom stereocenters. The number of carbonyl (C=O) groups is 1. The lowest BCUT2D eigenvalue weighted by Crippen LogP contribution is -2.07. The Hall–Kier alpha value is -1.81. The Bertz CT molecular complexity index is 616. The average molecular weight is 282 g/mol. The highest BCUT2D eigenvalue weighted by Crippen LogP contribution is 2.16. The van der Waals surface area contributed by atoms with Crippen molar-refractivity contribution in [3.63, 3.8) is 0 Å². The van der Waals surface area contributed by atoms with Crippen molar-refractivity contribution in [3.05, 3.63) is 64.4 Å². The first-order valence-electron chi connectivity index (χ1n) is 5.60. The van der Waals surface area contributed by atoms with Crippen molar-refractivity contribution in [2.24, 2.45) is 0 Å². The van der Waals surface area contributed by atoms with Gasteiger partial charge < -0.3 is 0 Å². The molecular weight excluding hydrogens is 272 g/mol. The van der Waals surface area contributed by atoms with E-state index in [1.807, 2.05) is 0 Å². The molecule has 0 fully saturated rings. The third-order valence-corrected chi connectivity index (χ3v) is 2.97. The zero-order valence-electron chi connectivity index (χ0n) is 9.87. The predicted molar refractivity (Wildman–Crippen MR) is 68.0 cm³/mol. The van der Waals surface area contributed by atoms with E-state index in [1.54, 1.807) is 12.3 Å². The highest BCUT2D eigenvalue weighted by atomic mass is 35.5. The van der Waals surface area contributed by atoms with Crippen molar-refractivity contribution in [2.75, 3.05) is 0 Å². The van der Waals surface area contributed by atoms with Gasteiger partial charge in [-0.3, -0.25) is 9.78 Å². The Labute approximate surface area is 114 Å². The Morgan fingerprint density at radius 3 is 2.63 bits per heavy atom. The summed E-state index contributed by atoms with van der Waals surface area (Å²) in [7, 11) is 0. The van der Waals surface area contributed by atoms with Gasteiger partial charge in [0.05, 0.1) is 5.02 Å². The van der Waals surface area contributed by atoms with Crippen molar-refractivity contribution < 1.29 is 13.6 Å². The summed E-state index contributed by atoms with van der Waals surface area (Å²) in [6.07, 6.45) is 3.18. The molecule has 98 valence electrons. The highest BCUT2D eigenvalue weighted by molar-refractivity contribution is 6.31. The van der Waals surface area contributed by atoms with Gasteiger partial charge >= 0.3 is 0 Å². The molecule has 19 heavy (non-hydrogen) atoms.